The van der Waals surface area contributed by atoms with E-state index in [1.807, 2.05) is 6.92 Å². The molecule has 0 aliphatic carbocycles. The topological polar surface area (TPSA) is 0 Å². The highest BCUT2D eigenvalue weighted by Crippen LogP contribution is 1.88. The van der Waals surface area contributed by atoms with Crippen molar-refractivity contribution in [1.29, 1.82) is 0 Å². The van der Waals surface area contributed by atoms with Crippen LogP contribution in [0.5, 0.6) is 0 Å². The monoisotopic (exact) mass is 128 g/mol. The Morgan fingerprint density at radius 3 is 2.60 bits per heavy atom. The summed E-state index contributed by atoms with van der Waals surface area (Å²) < 4.78 is 0. The van der Waals surface area contributed by atoms with E-state index in [2.05, 4.69) is 35.2 Å². The Morgan fingerprint density at radius 2 is 2.10 bits per heavy atom. The van der Waals surface area contributed by atoms with Gasteiger partial charge in [0.25, 0.3) is 0 Å². The molecule has 10 heavy (non-hydrogen) atoms. The first-order valence-corrected chi connectivity index (χ1v) is 2.89. The summed E-state index contributed by atoms with van der Waals surface area (Å²) in [4.78, 5) is 0. The summed E-state index contributed by atoms with van der Waals surface area (Å²) in [5.74, 6) is 0.00186. The van der Waals surface area contributed by atoms with Crippen LogP contribution in [0.3, 0.4) is 0 Å². The van der Waals surface area contributed by atoms with Crippen molar-refractivity contribution in [2.24, 2.45) is 5.92 Å². The molecule has 0 amide bonds. The molecule has 2 radical (unpaired) electrons. The zero-order valence-corrected chi connectivity index (χ0v) is 5.94. The molecule has 1 unspecified atom stereocenters. The lowest BCUT2D eigenvalue weighted by atomic mass is 10.2. The van der Waals surface area contributed by atoms with Gasteiger partial charge in [-0.2, -0.15) is 0 Å². The molecule has 0 heteroatoms. The van der Waals surface area contributed by atoms with Crippen molar-refractivity contribution in [3.8, 4) is 0 Å². The predicted molar refractivity (Wildman–Crippen MR) is 41.2 cm³/mol. The van der Waals surface area contributed by atoms with Crippen LogP contribution in [-0.4, -0.2) is 0 Å². The zero-order valence-electron chi connectivity index (χ0n) is 5.94. The van der Waals surface area contributed by atoms with E-state index in [1.165, 1.54) is 0 Å². The fourth-order valence-electron chi connectivity index (χ4n) is 0.285. The molecule has 0 aromatic carbocycles. The zero-order chi connectivity index (χ0) is 7.82. The fraction of sp³-hybridized carbons (Fsp3) is 0.200. The molecule has 0 saturated carbocycles. The third kappa shape index (κ3) is 6.64. The summed E-state index contributed by atoms with van der Waals surface area (Å²) in [5.41, 5.74) is 12.6. The van der Waals surface area contributed by atoms with Gasteiger partial charge in [0, 0.05) is 0 Å². The van der Waals surface area contributed by atoms with Crippen molar-refractivity contribution in [2.75, 3.05) is 0 Å². The third-order valence-corrected chi connectivity index (χ3v) is 0.632. The summed E-state index contributed by atoms with van der Waals surface area (Å²) in [6.45, 7) is 10.5. The molecular formula is C10H8. The molecule has 0 heterocycles. The first kappa shape index (κ1) is 8.64. The van der Waals surface area contributed by atoms with Crippen molar-refractivity contribution >= 4 is 0 Å². The molecule has 0 aliphatic rings. The second-order valence-electron chi connectivity index (χ2n) is 1.72. The number of hydrogen-bond acceptors (Lipinski definition) is 0. The van der Waals surface area contributed by atoms with Gasteiger partial charge in [-0.1, -0.05) is 18.4 Å². The second kappa shape index (κ2) is 5.77. The SMILES string of the molecule is [CH]C(C)C=C=C=C=C=C=C. The minimum Gasteiger partial charge on any atom is -0.0687 e. The maximum Gasteiger partial charge on any atom is -0.00138 e. The van der Waals surface area contributed by atoms with Gasteiger partial charge >= 0.3 is 0 Å². The van der Waals surface area contributed by atoms with E-state index < -0.39 is 0 Å². The Labute approximate surface area is 61.9 Å². The van der Waals surface area contributed by atoms with E-state index in [0.29, 0.717) is 0 Å². The van der Waals surface area contributed by atoms with Crippen LogP contribution in [0.4, 0.5) is 0 Å². The summed E-state index contributed by atoms with van der Waals surface area (Å²) in [6.07, 6.45) is 1.68. The van der Waals surface area contributed by atoms with E-state index in [9.17, 15) is 0 Å². The molecule has 48 valence electrons. The normalized spacial score (nSPS) is 6.30. The smallest absolute Gasteiger partial charge is 0.00138 e. The minimum absolute atomic E-state index is 0.00186. The van der Waals surface area contributed by atoms with Gasteiger partial charge in [-0.25, -0.2) is 0 Å². The van der Waals surface area contributed by atoms with Gasteiger partial charge < -0.3 is 0 Å². The van der Waals surface area contributed by atoms with E-state index in [-0.39, 0.29) is 5.92 Å². The van der Waals surface area contributed by atoms with Gasteiger partial charge in [0.1, 0.15) is 0 Å². The molecular weight excluding hydrogens is 120 g/mol. The van der Waals surface area contributed by atoms with E-state index in [1.54, 1.807) is 6.08 Å². The van der Waals surface area contributed by atoms with Crippen molar-refractivity contribution in [1.82, 2.24) is 0 Å². The molecule has 0 bridgehead atoms. The number of hydrogen-bond donors (Lipinski definition) is 0. The lowest BCUT2D eigenvalue weighted by molar-refractivity contribution is 0.938. The molecule has 0 saturated heterocycles. The maximum absolute atomic E-state index is 5.37. The first-order chi connectivity index (χ1) is 4.77. The highest BCUT2D eigenvalue weighted by Gasteiger charge is 1.77. The average Bonchev–Trinajstić information content (AvgIpc) is 1.87. The number of allylic oxidation sites excluding steroid dienone is 1. The van der Waals surface area contributed by atoms with Crippen molar-refractivity contribution < 1.29 is 0 Å². The lowest BCUT2D eigenvalue weighted by Gasteiger charge is -1.83. The molecule has 0 aromatic heterocycles. The second-order valence-corrected chi connectivity index (χ2v) is 1.72. The Morgan fingerprint density at radius 1 is 1.40 bits per heavy atom. The van der Waals surface area contributed by atoms with Gasteiger partial charge in [-0.15, -0.1) is 0 Å². The Bertz CT molecular complexity index is 263. The molecule has 0 aromatic rings. The molecule has 0 aliphatic heterocycles. The first-order valence-electron chi connectivity index (χ1n) is 2.89. The third-order valence-electron chi connectivity index (χ3n) is 0.632. The van der Waals surface area contributed by atoms with Crippen LogP contribution in [0.25, 0.3) is 0 Å². The van der Waals surface area contributed by atoms with Gasteiger partial charge in [-0.05, 0) is 42.7 Å². The Hall–Kier alpha value is -1.36. The molecule has 0 rings (SSSR count). The van der Waals surface area contributed by atoms with E-state index in [4.69, 9.17) is 6.92 Å². The lowest BCUT2D eigenvalue weighted by Crippen LogP contribution is -1.73. The Balaban J connectivity index is 4.54. The van der Waals surface area contributed by atoms with Crippen LogP contribution in [0, 0.1) is 12.8 Å². The highest BCUT2D eigenvalue weighted by atomic mass is 13.8. The summed E-state index contributed by atoms with van der Waals surface area (Å²) in [7, 11) is 0. The van der Waals surface area contributed by atoms with Crippen molar-refractivity contribution in [2.45, 2.75) is 6.92 Å². The van der Waals surface area contributed by atoms with E-state index in [0.717, 1.165) is 0 Å². The van der Waals surface area contributed by atoms with Crippen LogP contribution in [0.1, 0.15) is 6.92 Å². The van der Waals surface area contributed by atoms with Crippen molar-refractivity contribution in [3.63, 3.8) is 0 Å². The maximum atomic E-state index is 5.37. The van der Waals surface area contributed by atoms with Crippen LogP contribution in [0.2, 0.25) is 0 Å². The summed E-state index contributed by atoms with van der Waals surface area (Å²) in [5, 5.41) is 0. The van der Waals surface area contributed by atoms with Crippen LogP contribution < -0.4 is 0 Å². The van der Waals surface area contributed by atoms with Gasteiger partial charge in [0.05, 0.1) is 0 Å². The van der Waals surface area contributed by atoms with Crippen LogP contribution in [0.15, 0.2) is 41.3 Å². The highest BCUT2D eigenvalue weighted by molar-refractivity contribution is 4.90. The minimum atomic E-state index is 0.00186. The Kier molecular flexibility index (Phi) is 4.99. The summed E-state index contributed by atoms with van der Waals surface area (Å²) >= 11 is 0. The quantitative estimate of drug-likeness (QED) is 0.475. The molecule has 0 spiro atoms. The summed E-state index contributed by atoms with van der Waals surface area (Å²) in [6, 6.07) is 0. The molecule has 0 N–H and O–H groups in total. The van der Waals surface area contributed by atoms with Crippen molar-refractivity contribution in [3.05, 3.63) is 48.2 Å². The molecule has 0 nitrogen and oxygen atoms in total. The largest absolute Gasteiger partial charge is 0.0687 e. The van der Waals surface area contributed by atoms with E-state index >= 15 is 0 Å². The predicted octanol–water partition coefficient (Wildman–Crippen LogP) is 2.30. The fourth-order valence-corrected chi connectivity index (χ4v) is 0.285. The molecule has 1 atom stereocenters. The van der Waals surface area contributed by atoms with Gasteiger partial charge in [-0.3, -0.25) is 0 Å². The van der Waals surface area contributed by atoms with Gasteiger partial charge in [0.15, 0.2) is 0 Å². The standard InChI is InChI=1S/C10H8/c1-4-5-6-7-8-9-10(2)3/h2,9-10H,1H2,3H3. The van der Waals surface area contributed by atoms with Crippen LogP contribution in [-0.2, 0) is 0 Å². The number of rotatable bonds is 1. The molecule has 0 fully saturated rings. The average molecular weight is 128 g/mol. The van der Waals surface area contributed by atoms with Gasteiger partial charge in [0.2, 0.25) is 0 Å². The van der Waals surface area contributed by atoms with Crippen LogP contribution >= 0.6 is 0 Å².